The van der Waals surface area contributed by atoms with Gasteiger partial charge in [0.05, 0.1) is 5.69 Å². The second-order valence-corrected chi connectivity index (χ2v) is 6.33. The lowest BCUT2D eigenvalue weighted by atomic mass is 10.2. The Kier molecular flexibility index (Phi) is 4.93. The number of sulfonamides is 1. The molecule has 0 amide bonds. The maximum absolute atomic E-state index is 12.3. The van der Waals surface area contributed by atoms with Crippen molar-refractivity contribution in [3.05, 3.63) is 53.7 Å². The largest absolute Gasteiger partial charge is 0.313 e. The number of para-hydroxylation sites is 1. The van der Waals surface area contributed by atoms with Gasteiger partial charge in [-0.15, -0.1) is 0 Å². The zero-order chi connectivity index (χ0) is 15.3. The average molecular weight is 305 g/mol. The highest BCUT2D eigenvalue weighted by atomic mass is 32.2. The van der Waals surface area contributed by atoms with Gasteiger partial charge in [0, 0.05) is 12.7 Å². The van der Waals surface area contributed by atoms with Crippen molar-refractivity contribution in [3.8, 4) is 0 Å². The molecule has 6 heteroatoms. The van der Waals surface area contributed by atoms with Crippen LogP contribution in [0.2, 0.25) is 0 Å². The number of hydrogen-bond acceptors (Lipinski definition) is 4. The van der Waals surface area contributed by atoms with Crippen LogP contribution in [0.1, 0.15) is 18.1 Å². The Bertz CT molecular complexity index is 697. The van der Waals surface area contributed by atoms with Gasteiger partial charge in [-0.3, -0.25) is 4.72 Å². The van der Waals surface area contributed by atoms with E-state index in [2.05, 4.69) is 15.0 Å². The molecule has 0 aliphatic rings. The Morgan fingerprint density at radius 2 is 1.90 bits per heavy atom. The van der Waals surface area contributed by atoms with Crippen molar-refractivity contribution in [1.29, 1.82) is 0 Å². The number of aromatic nitrogens is 1. The summed E-state index contributed by atoms with van der Waals surface area (Å²) in [7, 11) is -3.65. The van der Waals surface area contributed by atoms with Crippen molar-refractivity contribution in [1.82, 2.24) is 10.3 Å². The number of anilines is 1. The van der Waals surface area contributed by atoms with Crippen molar-refractivity contribution in [2.45, 2.75) is 25.4 Å². The highest BCUT2D eigenvalue weighted by Gasteiger charge is 2.16. The lowest BCUT2D eigenvalue weighted by Gasteiger charge is -2.10. The standard InChI is InChI=1S/C15H19N3O2S/c1-3-16-10-13-8-9-15(17-11-13)21(19,20)18-14-7-5-4-6-12(14)2/h4-9,11,16,18H,3,10H2,1-2H3. The van der Waals surface area contributed by atoms with E-state index < -0.39 is 10.0 Å². The average Bonchev–Trinajstić information content (AvgIpc) is 2.48. The number of nitrogens with one attached hydrogen (secondary N) is 2. The molecular weight excluding hydrogens is 286 g/mol. The molecule has 1 aromatic heterocycles. The quantitative estimate of drug-likeness (QED) is 0.859. The van der Waals surface area contributed by atoms with Gasteiger partial charge in [-0.2, -0.15) is 8.42 Å². The number of pyridine rings is 1. The lowest BCUT2D eigenvalue weighted by molar-refractivity contribution is 0.597. The normalized spacial score (nSPS) is 11.3. The topological polar surface area (TPSA) is 71.1 Å². The van der Waals surface area contributed by atoms with E-state index in [1.165, 1.54) is 6.07 Å². The first-order valence-corrected chi connectivity index (χ1v) is 8.25. The minimum absolute atomic E-state index is 0.0194. The summed E-state index contributed by atoms with van der Waals surface area (Å²) in [4.78, 5) is 4.04. The Morgan fingerprint density at radius 3 is 2.52 bits per heavy atom. The molecule has 0 saturated carbocycles. The first kappa shape index (κ1) is 15.5. The Morgan fingerprint density at radius 1 is 1.14 bits per heavy atom. The van der Waals surface area contributed by atoms with Crippen molar-refractivity contribution >= 4 is 15.7 Å². The van der Waals surface area contributed by atoms with Gasteiger partial charge in [0.1, 0.15) is 0 Å². The molecule has 2 N–H and O–H groups in total. The van der Waals surface area contributed by atoms with Gasteiger partial charge in [0.15, 0.2) is 5.03 Å². The molecule has 5 nitrogen and oxygen atoms in total. The molecule has 0 aliphatic carbocycles. The number of rotatable bonds is 6. The maximum atomic E-state index is 12.3. The van der Waals surface area contributed by atoms with Crippen LogP contribution in [0.4, 0.5) is 5.69 Å². The molecular formula is C15H19N3O2S. The summed E-state index contributed by atoms with van der Waals surface area (Å²) in [5.41, 5.74) is 2.38. The van der Waals surface area contributed by atoms with E-state index in [1.807, 2.05) is 26.0 Å². The fourth-order valence-corrected chi connectivity index (χ4v) is 2.89. The molecule has 0 radical (unpaired) electrons. The molecule has 1 aromatic carbocycles. The molecule has 2 aromatic rings. The van der Waals surface area contributed by atoms with E-state index in [0.29, 0.717) is 12.2 Å². The van der Waals surface area contributed by atoms with Gasteiger partial charge < -0.3 is 5.32 Å². The summed E-state index contributed by atoms with van der Waals surface area (Å²) < 4.78 is 27.1. The fraction of sp³-hybridized carbons (Fsp3) is 0.267. The number of hydrogen-bond donors (Lipinski definition) is 2. The summed E-state index contributed by atoms with van der Waals surface area (Å²) in [6, 6.07) is 10.5. The van der Waals surface area contributed by atoms with Crippen molar-refractivity contribution < 1.29 is 8.42 Å². The predicted molar refractivity (Wildman–Crippen MR) is 83.6 cm³/mol. The molecule has 0 saturated heterocycles. The van der Waals surface area contributed by atoms with Gasteiger partial charge in [0.2, 0.25) is 0 Å². The van der Waals surface area contributed by atoms with Crippen LogP contribution in [0, 0.1) is 6.92 Å². The van der Waals surface area contributed by atoms with Gasteiger partial charge in [-0.25, -0.2) is 4.98 Å². The Balaban J connectivity index is 2.18. The van der Waals surface area contributed by atoms with Crippen LogP contribution in [-0.2, 0) is 16.6 Å². The van der Waals surface area contributed by atoms with E-state index in [-0.39, 0.29) is 5.03 Å². The Labute approximate surface area is 125 Å². The van der Waals surface area contributed by atoms with Gasteiger partial charge in [0.25, 0.3) is 10.0 Å². The minimum Gasteiger partial charge on any atom is -0.313 e. The second kappa shape index (κ2) is 6.69. The highest BCUT2D eigenvalue weighted by molar-refractivity contribution is 7.92. The Hall–Kier alpha value is -1.92. The molecule has 1 heterocycles. The SMILES string of the molecule is CCNCc1ccc(S(=O)(=O)Nc2ccccc2C)nc1. The third kappa shape index (κ3) is 4.03. The molecule has 2 rings (SSSR count). The second-order valence-electron chi connectivity index (χ2n) is 4.71. The predicted octanol–water partition coefficient (Wildman–Crippen LogP) is 2.30. The molecule has 0 atom stereocenters. The van der Waals surface area contributed by atoms with Crippen molar-refractivity contribution in [2.75, 3.05) is 11.3 Å². The van der Waals surface area contributed by atoms with Crippen LogP contribution >= 0.6 is 0 Å². The van der Waals surface area contributed by atoms with Crippen LogP contribution in [0.25, 0.3) is 0 Å². The first-order chi connectivity index (χ1) is 10.0. The number of benzene rings is 1. The van der Waals surface area contributed by atoms with E-state index >= 15 is 0 Å². The smallest absolute Gasteiger partial charge is 0.279 e. The van der Waals surface area contributed by atoms with E-state index in [9.17, 15) is 8.42 Å². The molecule has 0 aliphatic heterocycles. The van der Waals surface area contributed by atoms with E-state index in [0.717, 1.165) is 17.7 Å². The third-order valence-electron chi connectivity index (χ3n) is 3.04. The van der Waals surface area contributed by atoms with Gasteiger partial charge >= 0.3 is 0 Å². The highest BCUT2D eigenvalue weighted by Crippen LogP contribution is 2.18. The molecule has 112 valence electrons. The summed E-state index contributed by atoms with van der Waals surface area (Å²) >= 11 is 0. The first-order valence-electron chi connectivity index (χ1n) is 6.77. The number of nitrogens with zero attached hydrogens (tertiary/aromatic N) is 1. The fourth-order valence-electron chi connectivity index (χ4n) is 1.83. The number of aryl methyl sites for hydroxylation is 1. The van der Waals surface area contributed by atoms with Crippen LogP contribution in [0.15, 0.2) is 47.6 Å². The molecule has 0 bridgehead atoms. The molecule has 0 fully saturated rings. The summed E-state index contributed by atoms with van der Waals surface area (Å²) in [5.74, 6) is 0. The van der Waals surface area contributed by atoms with Crippen molar-refractivity contribution in [3.63, 3.8) is 0 Å². The van der Waals surface area contributed by atoms with Crippen molar-refractivity contribution in [2.24, 2.45) is 0 Å². The van der Waals surface area contributed by atoms with Crippen LogP contribution < -0.4 is 10.0 Å². The van der Waals surface area contributed by atoms with E-state index in [1.54, 1.807) is 24.4 Å². The zero-order valence-corrected chi connectivity index (χ0v) is 12.9. The maximum Gasteiger partial charge on any atom is 0.279 e. The van der Waals surface area contributed by atoms with E-state index in [4.69, 9.17) is 0 Å². The van der Waals surface area contributed by atoms with Crippen LogP contribution in [0.5, 0.6) is 0 Å². The molecule has 0 unspecified atom stereocenters. The zero-order valence-electron chi connectivity index (χ0n) is 12.1. The minimum atomic E-state index is -3.65. The molecule has 0 spiro atoms. The summed E-state index contributed by atoms with van der Waals surface area (Å²) in [6.45, 7) is 5.40. The summed E-state index contributed by atoms with van der Waals surface area (Å²) in [5, 5.41) is 3.18. The van der Waals surface area contributed by atoms with Crippen LogP contribution in [-0.4, -0.2) is 19.9 Å². The monoisotopic (exact) mass is 305 g/mol. The lowest BCUT2D eigenvalue weighted by Crippen LogP contribution is -2.16. The van der Waals surface area contributed by atoms with Crippen LogP contribution in [0.3, 0.4) is 0 Å². The van der Waals surface area contributed by atoms with Gasteiger partial charge in [-0.1, -0.05) is 31.2 Å². The third-order valence-corrected chi connectivity index (χ3v) is 4.32. The van der Waals surface area contributed by atoms with Gasteiger partial charge in [-0.05, 0) is 36.7 Å². The molecule has 21 heavy (non-hydrogen) atoms. The summed E-state index contributed by atoms with van der Waals surface area (Å²) in [6.07, 6.45) is 1.58.